The lowest BCUT2D eigenvalue weighted by Gasteiger charge is -2.14. The van der Waals surface area contributed by atoms with E-state index in [1.165, 1.54) is 25.3 Å². The van der Waals surface area contributed by atoms with Gasteiger partial charge in [-0.3, -0.25) is 9.52 Å². The molecule has 100 valence electrons. The van der Waals surface area contributed by atoms with Crippen molar-refractivity contribution in [1.82, 2.24) is 0 Å². The molecule has 0 saturated carbocycles. The number of methoxy groups -OCH3 is 1. The zero-order valence-electron chi connectivity index (χ0n) is 9.88. The van der Waals surface area contributed by atoms with Crippen molar-refractivity contribution in [3.8, 4) is 5.75 Å². The van der Waals surface area contributed by atoms with Gasteiger partial charge in [-0.05, 0) is 25.1 Å². The van der Waals surface area contributed by atoms with Crippen LogP contribution in [-0.4, -0.2) is 31.9 Å². The number of hydrogen-bond acceptors (Lipinski definition) is 5. The van der Waals surface area contributed by atoms with Gasteiger partial charge in [0.2, 0.25) is 10.0 Å². The van der Waals surface area contributed by atoms with E-state index in [1.807, 2.05) is 0 Å². The number of aliphatic carboxylic acids is 1. The van der Waals surface area contributed by atoms with Gasteiger partial charge in [0.25, 0.3) is 0 Å². The summed E-state index contributed by atoms with van der Waals surface area (Å²) >= 11 is 0. The van der Waals surface area contributed by atoms with Crippen molar-refractivity contribution in [2.45, 2.75) is 12.2 Å². The Kier molecular flexibility index (Phi) is 4.02. The highest BCUT2D eigenvalue weighted by atomic mass is 32.2. The van der Waals surface area contributed by atoms with Gasteiger partial charge in [0.15, 0.2) is 5.25 Å². The highest BCUT2D eigenvalue weighted by molar-refractivity contribution is 7.94. The van der Waals surface area contributed by atoms with Crippen molar-refractivity contribution < 1.29 is 23.1 Å². The van der Waals surface area contributed by atoms with E-state index in [9.17, 15) is 13.2 Å². The van der Waals surface area contributed by atoms with E-state index < -0.39 is 21.2 Å². The summed E-state index contributed by atoms with van der Waals surface area (Å²) in [7, 11) is -2.68. The van der Waals surface area contributed by atoms with Crippen LogP contribution < -0.4 is 15.2 Å². The van der Waals surface area contributed by atoms with Crippen molar-refractivity contribution in [3.05, 3.63) is 18.2 Å². The minimum Gasteiger partial charge on any atom is -0.495 e. The summed E-state index contributed by atoms with van der Waals surface area (Å²) in [5, 5.41) is 7.12. The molecule has 0 bridgehead atoms. The average Bonchev–Trinajstić information content (AvgIpc) is 2.27. The Morgan fingerprint density at radius 2 is 2.11 bits per heavy atom. The lowest BCUT2D eigenvalue weighted by molar-refractivity contribution is -0.136. The van der Waals surface area contributed by atoms with Gasteiger partial charge in [-0.15, -0.1) is 0 Å². The first-order valence-corrected chi connectivity index (χ1v) is 6.50. The van der Waals surface area contributed by atoms with Crippen molar-refractivity contribution in [3.63, 3.8) is 0 Å². The Balaban J connectivity index is 3.11. The summed E-state index contributed by atoms with van der Waals surface area (Å²) in [5.74, 6) is -1.18. The fourth-order valence-electron chi connectivity index (χ4n) is 1.18. The van der Waals surface area contributed by atoms with Gasteiger partial charge in [0, 0.05) is 5.69 Å². The van der Waals surface area contributed by atoms with Gasteiger partial charge in [-0.1, -0.05) is 0 Å². The number of benzene rings is 1. The molecular formula is C10H14N2O5S. The smallest absolute Gasteiger partial charge is 0.323 e. The quantitative estimate of drug-likeness (QED) is 0.672. The van der Waals surface area contributed by atoms with Crippen molar-refractivity contribution in [2.75, 3.05) is 17.6 Å². The van der Waals surface area contributed by atoms with Crippen LogP contribution in [-0.2, 0) is 14.8 Å². The molecule has 8 heteroatoms. The molecule has 0 saturated heterocycles. The summed E-state index contributed by atoms with van der Waals surface area (Å²) in [6.07, 6.45) is 0. The molecule has 4 N–H and O–H groups in total. The molecule has 0 aromatic heterocycles. The largest absolute Gasteiger partial charge is 0.495 e. The molecule has 1 rings (SSSR count). The second-order valence-corrected chi connectivity index (χ2v) is 5.59. The van der Waals surface area contributed by atoms with Crippen molar-refractivity contribution in [2.24, 2.45) is 0 Å². The highest BCUT2D eigenvalue weighted by Gasteiger charge is 2.28. The minimum absolute atomic E-state index is 0.102. The number of sulfonamides is 1. The average molecular weight is 274 g/mol. The Morgan fingerprint density at radius 3 is 2.61 bits per heavy atom. The van der Waals surface area contributed by atoms with Gasteiger partial charge in [0.05, 0.1) is 12.8 Å². The second-order valence-electron chi connectivity index (χ2n) is 3.59. The molecule has 0 radical (unpaired) electrons. The zero-order chi connectivity index (χ0) is 13.9. The maximum absolute atomic E-state index is 11.7. The third kappa shape index (κ3) is 3.04. The van der Waals surface area contributed by atoms with Crippen molar-refractivity contribution in [1.29, 1.82) is 0 Å². The number of anilines is 2. The maximum Gasteiger partial charge on any atom is 0.323 e. The molecule has 0 heterocycles. The van der Waals surface area contributed by atoms with Crippen LogP contribution in [0.3, 0.4) is 0 Å². The zero-order valence-corrected chi connectivity index (χ0v) is 10.7. The van der Waals surface area contributed by atoms with Gasteiger partial charge < -0.3 is 15.6 Å². The first-order chi connectivity index (χ1) is 8.27. The van der Waals surface area contributed by atoms with E-state index in [0.717, 1.165) is 6.92 Å². The first kappa shape index (κ1) is 14.1. The molecule has 1 unspecified atom stereocenters. The third-order valence-corrected chi connectivity index (χ3v) is 3.93. The van der Waals surface area contributed by atoms with Gasteiger partial charge in [-0.25, -0.2) is 8.42 Å². The molecule has 0 amide bonds. The number of nitrogens with two attached hydrogens (primary N) is 1. The number of hydrogen-bond donors (Lipinski definition) is 3. The normalized spacial score (nSPS) is 12.8. The minimum atomic E-state index is -4.05. The monoisotopic (exact) mass is 274 g/mol. The Hall–Kier alpha value is -1.96. The summed E-state index contributed by atoms with van der Waals surface area (Å²) in [6, 6.07) is 4.38. The standard InChI is InChI=1S/C10H14N2O5S/c1-6(10(13)14)18(15,16)12-8-5-7(11)3-4-9(8)17-2/h3-6,12H,11H2,1-2H3,(H,13,14). The van der Waals surface area contributed by atoms with E-state index >= 15 is 0 Å². The third-order valence-electron chi connectivity index (χ3n) is 2.29. The van der Waals surface area contributed by atoms with Crippen LogP contribution in [0.15, 0.2) is 18.2 Å². The van der Waals surface area contributed by atoms with Crippen LogP contribution in [0.5, 0.6) is 5.75 Å². The second kappa shape index (κ2) is 5.13. The van der Waals surface area contributed by atoms with E-state index in [4.69, 9.17) is 15.6 Å². The topological polar surface area (TPSA) is 119 Å². The van der Waals surface area contributed by atoms with Crippen LogP contribution in [0, 0.1) is 0 Å². The van der Waals surface area contributed by atoms with Crippen molar-refractivity contribution >= 4 is 27.4 Å². The van der Waals surface area contributed by atoms with Gasteiger partial charge in [-0.2, -0.15) is 0 Å². The Morgan fingerprint density at radius 1 is 1.50 bits per heavy atom. The number of ether oxygens (including phenoxy) is 1. The van der Waals surface area contributed by atoms with Crippen LogP contribution in [0.4, 0.5) is 11.4 Å². The number of rotatable bonds is 5. The molecule has 1 atom stereocenters. The Bertz CT molecular complexity index is 555. The molecule has 18 heavy (non-hydrogen) atoms. The van der Waals surface area contributed by atoms with Crippen LogP contribution in [0.2, 0.25) is 0 Å². The maximum atomic E-state index is 11.7. The Labute approximate surface area is 105 Å². The number of carboxylic acid groups (broad SMARTS) is 1. The molecule has 0 aliphatic carbocycles. The van der Waals surface area contributed by atoms with Crippen LogP contribution in [0.25, 0.3) is 0 Å². The SMILES string of the molecule is COc1ccc(N)cc1NS(=O)(=O)C(C)C(=O)O. The lowest BCUT2D eigenvalue weighted by Crippen LogP contribution is -2.32. The molecule has 1 aromatic rings. The van der Waals surface area contributed by atoms with E-state index in [2.05, 4.69) is 4.72 Å². The van der Waals surface area contributed by atoms with Crippen LogP contribution >= 0.6 is 0 Å². The molecule has 1 aromatic carbocycles. The lowest BCUT2D eigenvalue weighted by atomic mass is 10.2. The number of nitrogens with one attached hydrogen (secondary N) is 1. The number of carboxylic acids is 1. The highest BCUT2D eigenvalue weighted by Crippen LogP contribution is 2.28. The summed E-state index contributed by atoms with van der Waals surface area (Å²) in [6.45, 7) is 1.07. The predicted molar refractivity (Wildman–Crippen MR) is 67.0 cm³/mol. The molecule has 0 spiro atoms. The molecule has 0 fully saturated rings. The fraction of sp³-hybridized carbons (Fsp3) is 0.300. The van der Waals surface area contributed by atoms with Gasteiger partial charge in [0.1, 0.15) is 5.75 Å². The molecule has 0 aliphatic rings. The summed E-state index contributed by atoms with van der Waals surface area (Å²) in [5.41, 5.74) is 5.96. The van der Waals surface area contributed by atoms with Crippen LogP contribution in [0.1, 0.15) is 6.92 Å². The van der Waals surface area contributed by atoms with Gasteiger partial charge >= 0.3 is 5.97 Å². The van der Waals surface area contributed by atoms with E-state index in [-0.39, 0.29) is 11.4 Å². The first-order valence-electron chi connectivity index (χ1n) is 4.96. The number of nitrogen functional groups attached to an aromatic ring is 1. The molecule has 7 nitrogen and oxygen atoms in total. The summed E-state index contributed by atoms with van der Waals surface area (Å²) in [4.78, 5) is 10.7. The molecular weight excluding hydrogens is 260 g/mol. The summed E-state index contributed by atoms with van der Waals surface area (Å²) < 4.78 is 30.6. The fourth-order valence-corrected chi connectivity index (χ4v) is 2.09. The molecule has 0 aliphatic heterocycles. The van der Waals surface area contributed by atoms with E-state index in [1.54, 1.807) is 0 Å². The van der Waals surface area contributed by atoms with E-state index in [0.29, 0.717) is 5.69 Å². The number of carbonyl (C=O) groups is 1. The predicted octanol–water partition coefficient (Wildman–Crippen LogP) is 0.492.